The molecule has 4 heteroatoms. The summed E-state index contributed by atoms with van der Waals surface area (Å²) in [5.74, 6) is 0. The van der Waals surface area contributed by atoms with Crippen molar-refractivity contribution in [3.8, 4) is 0 Å². The van der Waals surface area contributed by atoms with Gasteiger partial charge in [0.2, 0.25) is 0 Å². The Kier molecular flexibility index (Phi) is 4.73. The van der Waals surface area contributed by atoms with Gasteiger partial charge < -0.3 is 0 Å². The Balaban J connectivity index is 2.76. The number of hydrogen-bond donors (Lipinski definition) is 0. The van der Waals surface area contributed by atoms with Crippen LogP contribution >= 0.6 is 11.8 Å². The molecule has 96 valence electrons. The average Bonchev–Trinajstić information content (AvgIpc) is 2.29. The van der Waals surface area contributed by atoms with Crippen LogP contribution in [0.1, 0.15) is 20.3 Å². The number of non-ortho nitro benzene ring substituents is 1. The fraction of sp³-hybridized carbons (Fsp3) is 0.286. The van der Waals surface area contributed by atoms with Gasteiger partial charge in [0.25, 0.3) is 5.69 Å². The zero-order chi connectivity index (χ0) is 13.8. The molecule has 18 heavy (non-hydrogen) atoms. The maximum absolute atomic E-state index is 10.5. The lowest BCUT2D eigenvalue weighted by Crippen LogP contribution is -2.10. The van der Waals surface area contributed by atoms with Crippen molar-refractivity contribution in [3.05, 3.63) is 58.5 Å². The first kappa shape index (κ1) is 14.5. The van der Waals surface area contributed by atoms with Crippen LogP contribution in [-0.4, -0.2) is 4.92 Å². The Morgan fingerprint density at radius 3 is 2.44 bits per heavy atom. The Morgan fingerprint density at radius 2 is 2.00 bits per heavy atom. The van der Waals surface area contributed by atoms with Gasteiger partial charge in [0, 0.05) is 17.0 Å². The maximum atomic E-state index is 10.5. The summed E-state index contributed by atoms with van der Waals surface area (Å²) in [6.45, 7) is 12.0. The van der Waals surface area contributed by atoms with Crippen molar-refractivity contribution in [3.63, 3.8) is 0 Å². The molecule has 0 heterocycles. The van der Waals surface area contributed by atoms with E-state index in [4.69, 9.17) is 0 Å². The molecule has 0 radical (unpaired) electrons. The molecule has 0 fully saturated rings. The van der Waals surface area contributed by atoms with Gasteiger partial charge in [0.05, 0.1) is 4.92 Å². The van der Waals surface area contributed by atoms with E-state index in [1.165, 1.54) is 12.1 Å². The second kappa shape index (κ2) is 5.87. The van der Waals surface area contributed by atoms with Gasteiger partial charge >= 0.3 is 0 Å². The van der Waals surface area contributed by atoms with Crippen LogP contribution in [0.5, 0.6) is 0 Å². The second-order valence-electron chi connectivity index (χ2n) is 4.65. The fourth-order valence-electron chi connectivity index (χ4n) is 1.39. The van der Waals surface area contributed by atoms with E-state index in [1.807, 2.05) is 6.08 Å². The Hall–Kier alpha value is -1.55. The number of hydrogen-bond acceptors (Lipinski definition) is 3. The molecule has 0 aliphatic carbocycles. The zero-order valence-electron chi connectivity index (χ0n) is 10.7. The Bertz CT molecular complexity index is 463. The Labute approximate surface area is 112 Å². The summed E-state index contributed by atoms with van der Waals surface area (Å²) in [7, 11) is 0. The molecule has 0 saturated heterocycles. The number of benzene rings is 1. The first-order valence-corrected chi connectivity index (χ1v) is 6.41. The summed E-state index contributed by atoms with van der Waals surface area (Å²) < 4.78 is 0. The van der Waals surface area contributed by atoms with Crippen LogP contribution in [0.15, 0.2) is 53.3 Å². The Morgan fingerprint density at radius 1 is 1.44 bits per heavy atom. The molecule has 0 N–H and O–H groups in total. The monoisotopic (exact) mass is 263 g/mol. The van der Waals surface area contributed by atoms with Crippen LogP contribution in [0.4, 0.5) is 5.69 Å². The molecule has 0 aliphatic rings. The molecule has 1 aromatic carbocycles. The van der Waals surface area contributed by atoms with E-state index >= 15 is 0 Å². The van der Waals surface area contributed by atoms with Gasteiger partial charge in [-0.25, -0.2) is 0 Å². The number of thioether (sulfide) groups is 1. The maximum Gasteiger partial charge on any atom is 0.269 e. The minimum absolute atomic E-state index is 0.0335. The third-order valence-corrected chi connectivity index (χ3v) is 4.00. The van der Waals surface area contributed by atoms with E-state index in [-0.39, 0.29) is 11.1 Å². The largest absolute Gasteiger partial charge is 0.269 e. The topological polar surface area (TPSA) is 43.1 Å². The minimum Gasteiger partial charge on any atom is -0.258 e. The van der Waals surface area contributed by atoms with Gasteiger partial charge in [-0.1, -0.05) is 38.3 Å². The van der Waals surface area contributed by atoms with E-state index in [1.54, 1.807) is 23.9 Å². The molecule has 0 atom stereocenters. The van der Waals surface area contributed by atoms with Crippen LogP contribution in [0.25, 0.3) is 0 Å². The van der Waals surface area contributed by atoms with Gasteiger partial charge in [0.15, 0.2) is 0 Å². The third-order valence-electron chi connectivity index (χ3n) is 2.70. The van der Waals surface area contributed by atoms with Crippen molar-refractivity contribution in [2.45, 2.75) is 25.2 Å². The molecule has 0 saturated carbocycles. The van der Waals surface area contributed by atoms with Crippen molar-refractivity contribution < 1.29 is 4.92 Å². The van der Waals surface area contributed by atoms with Crippen molar-refractivity contribution in [2.75, 3.05) is 0 Å². The summed E-state index contributed by atoms with van der Waals surface area (Å²) in [5, 5.41) is 10.5. The highest BCUT2D eigenvalue weighted by Crippen LogP contribution is 2.40. The number of nitro groups is 1. The third kappa shape index (κ3) is 3.74. The molecular formula is C14H17NO2S. The molecule has 3 nitrogen and oxygen atoms in total. The van der Waals surface area contributed by atoms with Gasteiger partial charge in [0.1, 0.15) is 0 Å². The number of nitro benzene ring substituents is 1. The molecule has 0 bridgehead atoms. The van der Waals surface area contributed by atoms with Crippen molar-refractivity contribution in [1.29, 1.82) is 0 Å². The summed E-state index contributed by atoms with van der Waals surface area (Å²) in [5.41, 5.74) is 0.0732. The lowest BCUT2D eigenvalue weighted by atomic mass is 9.89. The standard InChI is InChI=1S/C14H17NO2S/c1-5-10-14(3,4)11(2)18-13-8-6-12(7-9-13)15(16)17/h5-9H,1-2,10H2,3-4H3. The molecule has 0 spiro atoms. The van der Waals surface area contributed by atoms with E-state index in [0.717, 1.165) is 16.2 Å². The van der Waals surface area contributed by atoms with Gasteiger partial charge in [-0.05, 0) is 28.9 Å². The molecule has 1 aromatic rings. The van der Waals surface area contributed by atoms with Crippen LogP contribution in [0, 0.1) is 15.5 Å². The molecule has 0 aliphatic heterocycles. The van der Waals surface area contributed by atoms with Crippen LogP contribution in [-0.2, 0) is 0 Å². The van der Waals surface area contributed by atoms with Gasteiger partial charge in [-0.15, -0.1) is 6.58 Å². The molecule has 1 rings (SSSR count). The van der Waals surface area contributed by atoms with E-state index in [2.05, 4.69) is 27.0 Å². The summed E-state index contributed by atoms with van der Waals surface area (Å²) in [4.78, 5) is 12.1. The average molecular weight is 263 g/mol. The molecule has 0 unspecified atom stereocenters. The second-order valence-corrected chi connectivity index (χ2v) is 5.82. The molecule has 0 amide bonds. The predicted molar refractivity (Wildman–Crippen MR) is 76.7 cm³/mol. The summed E-state index contributed by atoms with van der Waals surface area (Å²) in [6, 6.07) is 6.52. The molecular weight excluding hydrogens is 246 g/mol. The lowest BCUT2D eigenvalue weighted by Gasteiger charge is -2.25. The quantitative estimate of drug-likeness (QED) is 0.320. The van der Waals surface area contributed by atoms with E-state index in [9.17, 15) is 10.1 Å². The minimum atomic E-state index is -0.398. The first-order chi connectivity index (χ1) is 8.36. The fourth-order valence-corrected chi connectivity index (χ4v) is 2.31. The highest BCUT2D eigenvalue weighted by atomic mass is 32.2. The van der Waals surface area contributed by atoms with E-state index < -0.39 is 4.92 Å². The first-order valence-electron chi connectivity index (χ1n) is 5.59. The molecule has 0 aromatic heterocycles. The van der Waals surface area contributed by atoms with Crippen molar-refractivity contribution in [2.24, 2.45) is 5.41 Å². The highest BCUT2D eigenvalue weighted by Gasteiger charge is 2.21. The van der Waals surface area contributed by atoms with Gasteiger partial charge in [-0.3, -0.25) is 10.1 Å². The number of allylic oxidation sites excluding steroid dienone is 2. The van der Waals surface area contributed by atoms with Crippen LogP contribution in [0.3, 0.4) is 0 Å². The number of nitrogens with zero attached hydrogens (tertiary/aromatic N) is 1. The lowest BCUT2D eigenvalue weighted by molar-refractivity contribution is -0.384. The van der Waals surface area contributed by atoms with Crippen LogP contribution in [0.2, 0.25) is 0 Å². The van der Waals surface area contributed by atoms with Crippen LogP contribution < -0.4 is 0 Å². The van der Waals surface area contributed by atoms with E-state index in [0.29, 0.717) is 0 Å². The normalized spacial score (nSPS) is 11.0. The highest BCUT2D eigenvalue weighted by molar-refractivity contribution is 8.03. The van der Waals surface area contributed by atoms with Gasteiger partial charge in [-0.2, -0.15) is 0 Å². The zero-order valence-corrected chi connectivity index (χ0v) is 11.5. The van der Waals surface area contributed by atoms with Crippen molar-refractivity contribution >= 4 is 17.4 Å². The predicted octanol–water partition coefficient (Wildman–Crippen LogP) is 4.80. The van der Waals surface area contributed by atoms with Crippen molar-refractivity contribution in [1.82, 2.24) is 0 Å². The number of rotatable bonds is 6. The SMILES string of the molecule is C=CCC(C)(C)C(=C)Sc1ccc([N+](=O)[O-])cc1. The summed E-state index contributed by atoms with van der Waals surface area (Å²) in [6.07, 6.45) is 2.73. The smallest absolute Gasteiger partial charge is 0.258 e. The summed E-state index contributed by atoms with van der Waals surface area (Å²) >= 11 is 1.55.